The largest absolute Gasteiger partial charge is 0.322 e. The number of nitrogens with one attached hydrogen (secondary N) is 1. The summed E-state index contributed by atoms with van der Waals surface area (Å²) in [6.45, 7) is 6.34. The Morgan fingerprint density at radius 1 is 1.32 bits per heavy atom. The zero-order valence-corrected chi connectivity index (χ0v) is 11.6. The fourth-order valence-electron chi connectivity index (χ4n) is 2.97. The minimum atomic E-state index is 0.0430. The summed E-state index contributed by atoms with van der Waals surface area (Å²) in [6.07, 6.45) is 2.43. The van der Waals surface area contributed by atoms with Crippen LogP contribution in [0.2, 0.25) is 0 Å². The topological polar surface area (TPSA) is 36.1 Å². The fraction of sp³-hybridized carbons (Fsp3) is 0.438. The number of nitrogens with zero attached hydrogens (tertiary/aromatic N) is 1. The van der Waals surface area contributed by atoms with E-state index in [4.69, 9.17) is 0 Å². The molecule has 3 rings (SSSR count). The smallest absolute Gasteiger partial charge is 0.252 e. The van der Waals surface area contributed by atoms with Crippen LogP contribution in [-0.2, 0) is 6.54 Å². The van der Waals surface area contributed by atoms with Gasteiger partial charge < -0.3 is 4.98 Å². The van der Waals surface area contributed by atoms with Gasteiger partial charge in [0.2, 0.25) is 0 Å². The number of hydrogen-bond donors (Lipinski definition) is 1. The van der Waals surface area contributed by atoms with Crippen molar-refractivity contribution >= 4 is 10.9 Å². The van der Waals surface area contributed by atoms with Gasteiger partial charge in [0.1, 0.15) is 0 Å². The van der Waals surface area contributed by atoms with E-state index in [1.807, 2.05) is 30.3 Å². The van der Waals surface area contributed by atoms with E-state index in [1.54, 1.807) is 0 Å². The molecule has 0 amide bonds. The van der Waals surface area contributed by atoms with Crippen molar-refractivity contribution < 1.29 is 0 Å². The Labute approximate surface area is 113 Å². The Morgan fingerprint density at radius 3 is 2.84 bits per heavy atom. The Bertz CT molecular complexity index is 657. The summed E-state index contributed by atoms with van der Waals surface area (Å²) in [6, 6.07) is 9.97. The first-order valence-electron chi connectivity index (χ1n) is 6.92. The molecular formula is C16H20N2O. The fourth-order valence-corrected chi connectivity index (χ4v) is 2.97. The van der Waals surface area contributed by atoms with Crippen molar-refractivity contribution in [1.29, 1.82) is 0 Å². The van der Waals surface area contributed by atoms with Gasteiger partial charge in [-0.1, -0.05) is 18.2 Å². The highest BCUT2D eigenvalue weighted by Crippen LogP contribution is 2.29. The first-order chi connectivity index (χ1) is 9.06. The molecule has 1 N–H and O–H groups in total. The van der Waals surface area contributed by atoms with E-state index in [0.717, 1.165) is 29.6 Å². The molecule has 0 unspecified atom stereocenters. The SMILES string of the molecule is CC1(C)CCCN1Cc1cc2ccccc2[nH]c1=O. The van der Waals surface area contributed by atoms with Crippen molar-refractivity contribution in [3.63, 3.8) is 0 Å². The van der Waals surface area contributed by atoms with Gasteiger partial charge in [-0.25, -0.2) is 0 Å². The highest BCUT2D eigenvalue weighted by Gasteiger charge is 2.31. The van der Waals surface area contributed by atoms with Gasteiger partial charge in [-0.15, -0.1) is 0 Å². The minimum Gasteiger partial charge on any atom is -0.322 e. The number of pyridine rings is 1. The minimum absolute atomic E-state index is 0.0430. The predicted molar refractivity (Wildman–Crippen MR) is 78.3 cm³/mol. The average molecular weight is 256 g/mol. The molecule has 0 bridgehead atoms. The lowest BCUT2D eigenvalue weighted by Gasteiger charge is -2.31. The van der Waals surface area contributed by atoms with E-state index < -0.39 is 0 Å². The van der Waals surface area contributed by atoms with Gasteiger partial charge in [-0.05, 0) is 50.8 Å². The molecule has 3 heteroatoms. The van der Waals surface area contributed by atoms with Crippen LogP contribution in [0.4, 0.5) is 0 Å². The summed E-state index contributed by atoms with van der Waals surface area (Å²) in [5.74, 6) is 0. The summed E-state index contributed by atoms with van der Waals surface area (Å²) in [7, 11) is 0. The monoisotopic (exact) mass is 256 g/mol. The number of fused-ring (bicyclic) bond motifs is 1. The van der Waals surface area contributed by atoms with Gasteiger partial charge in [0.05, 0.1) is 0 Å². The number of para-hydroxylation sites is 1. The lowest BCUT2D eigenvalue weighted by Crippen LogP contribution is -2.38. The zero-order valence-electron chi connectivity index (χ0n) is 11.6. The Balaban J connectivity index is 1.97. The van der Waals surface area contributed by atoms with E-state index in [9.17, 15) is 4.79 Å². The lowest BCUT2D eigenvalue weighted by atomic mass is 10.0. The van der Waals surface area contributed by atoms with Crippen molar-refractivity contribution in [2.24, 2.45) is 0 Å². The lowest BCUT2D eigenvalue weighted by molar-refractivity contribution is 0.166. The third kappa shape index (κ3) is 2.30. The molecule has 0 atom stereocenters. The second kappa shape index (κ2) is 4.49. The van der Waals surface area contributed by atoms with E-state index in [-0.39, 0.29) is 11.1 Å². The molecule has 1 fully saturated rings. The van der Waals surface area contributed by atoms with Gasteiger partial charge in [0.15, 0.2) is 0 Å². The van der Waals surface area contributed by atoms with Crippen LogP contribution >= 0.6 is 0 Å². The molecular weight excluding hydrogens is 236 g/mol. The summed E-state index contributed by atoms with van der Waals surface area (Å²) in [4.78, 5) is 17.5. The van der Waals surface area contributed by atoms with E-state index >= 15 is 0 Å². The van der Waals surface area contributed by atoms with Crippen LogP contribution in [0.1, 0.15) is 32.3 Å². The normalized spacial score (nSPS) is 19.1. The zero-order chi connectivity index (χ0) is 13.5. The second-order valence-electron chi connectivity index (χ2n) is 6.05. The van der Waals surface area contributed by atoms with Crippen molar-refractivity contribution in [2.75, 3.05) is 6.54 Å². The standard InChI is InChI=1S/C16H20N2O/c1-16(2)8-5-9-18(16)11-13-10-12-6-3-4-7-14(12)17-15(13)19/h3-4,6-7,10H,5,8-9,11H2,1-2H3,(H,17,19). The third-order valence-electron chi connectivity index (χ3n) is 4.26. The maximum absolute atomic E-state index is 12.1. The summed E-state index contributed by atoms with van der Waals surface area (Å²) in [5, 5.41) is 1.11. The van der Waals surface area contributed by atoms with Gasteiger partial charge in [-0.3, -0.25) is 9.69 Å². The van der Waals surface area contributed by atoms with Gasteiger partial charge in [0.25, 0.3) is 5.56 Å². The first kappa shape index (κ1) is 12.4. The molecule has 1 saturated heterocycles. The first-order valence-corrected chi connectivity index (χ1v) is 6.92. The van der Waals surface area contributed by atoms with Crippen LogP contribution in [0.25, 0.3) is 10.9 Å². The van der Waals surface area contributed by atoms with E-state index in [0.29, 0.717) is 0 Å². The number of H-pyrrole nitrogens is 1. The molecule has 1 aromatic carbocycles. The Kier molecular flexibility index (Phi) is 2.94. The Hall–Kier alpha value is -1.61. The highest BCUT2D eigenvalue weighted by molar-refractivity contribution is 5.78. The van der Waals surface area contributed by atoms with Crippen LogP contribution in [0.5, 0.6) is 0 Å². The number of rotatable bonds is 2. The summed E-state index contributed by atoms with van der Waals surface area (Å²) in [5.41, 5.74) is 2.03. The number of benzene rings is 1. The summed E-state index contributed by atoms with van der Waals surface area (Å²) >= 11 is 0. The van der Waals surface area contributed by atoms with Crippen molar-refractivity contribution in [1.82, 2.24) is 9.88 Å². The predicted octanol–water partition coefficient (Wildman–Crippen LogP) is 2.90. The van der Waals surface area contributed by atoms with Crippen molar-refractivity contribution in [2.45, 2.75) is 38.8 Å². The van der Waals surface area contributed by atoms with Crippen molar-refractivity contribution in [3.05, 3.63) is 46.2 Å². The Morgan fingerprint density at radius 2 is 2.11 bits per heavy atom. The molecule has 100 valence electrons. The van der Waals surface area contributed by atoms with Gasteiger partial charge in [-0.2, -0.15) is 0 Å². The average Bonchev–Trinajstić information content (AvgIpc) is 2.70. The molecule has 1 aromatic heterocycles. The van der Waals surface area contributed by atoms with Crippen molar-refractivity contribution in [3.8, 4) is 0 Å². The van der Waals surface area contributed by atoms with E-state index in [2.05, 4.69) is 23.7 Å². The molecule has 0 saturated carbocycles. The third-order valence-corrected chi connectivity index (χ3v) is 4.26. The molecule has 1 aliphatic heterocycles. The number of hydrogen-bond acceptors (Lipinski definition) is 2. The van der Waals surface area contributed by atoms with Gasteiger partial charge in [0, 0.05) is 23.2 Å². The van der Waals surface area contributed by atoms with Gasteiger partial charge >= 0.3 is 0 Å². The van der Waals surface area contributed by atoms with Crippen LogP contribution in [-0.4, -0.2) is 22.0 Å². The van der Waals surface area contributed by atoms with Crippen LogP contribution in [0.15, 0.2) is 35.1 Å². The molecule has 2 heterocycles. The maximum Gasteiger partial charge on any atom is 0.252 e. The molecule has 0 spiro atoms. The summed E-state index contributed by atoms with van der Waals surface area (Å²) < 4.78 is 0. The molecule has 19 heavy (non-hydrogen) atoms. The second-order valence-corrected chi connectivity index (χ2v) is 6.05. The number of aromatic nitrogens is 1. The maximum atomic E-state index is 12.1. The molecule has 1 aliphatic rings. The number of aromatic amines is 1. The molecule has 0 aliphatic carbocycles. The van der Waals surface area contributed by atoms with Crippen LogP contribution < -0.4 is 5.56 Å². The van der Waals surface area contributed by atoms with E-state index in [1.165, 1.54) is 12.8 Å². The highest BCUT2D eigenvalue weighted by atomic mass is 16.1. The number of likely N-dealkylation sites (tertiary alicyclic amines) is 1. The van der Waals surface area contributed by atoms with Crippen LogP contribution in [0, 0.1) is 0 Å². The quantitative estimate of drug-likeness (QED) is 0.897. The molecule has 3 nitrogen and oxygen atoms in total. The molecule has 0 radical (unpaired) electrons. The van der Waals surface area contributed by atoms with Crippen LogP contribution in [0.3, 0.4) is 0 Å². The molecule has 2 aromatic rings.